The Kier molecular flexibility index (Phi) is 3.60. The Balaban J connectivity index is 1.81. The molecule has 0 radical (unpaired) electrons. The summed E-state index contributed by atoms with van der Waals surface area (Å²) in [6.07, 6.45) is 1.59. The number of hydrogen-bond acceptors (Lipinski definition) is 3. The number of rotatable bonds is 3. The van der Waals surface area contributed by atoms with Crippen molar-refractivity contribution in [2.45, 2.75) is 38.5 Å². The summed E-state index contributed by atoms with van der Waals surface area (Å²) in [5.41, 5.74) is 2.23. The number of nitrogens with zero attached hydrogens (tertiary/aromatic N) is 1. The second kappa shape index (κ2) is 5.69. The molecule has 0 unspecified atom stereocenters. The molecule has 2 heterocycles. The SMILES string of the molecule is CCc1cccc(N2C(=O)N[C@@H]3C[C@]2(C)Oc2c(OC)cccc23)c1. The van der Waals surface area contributed by atoms with E-state index < -0.39 is 5.72 Å². The lowest BCUT2D eigenvalue weighted by atomic mass is 9.89. The van der Waals surface area contributed by atoms with Gasteiger partial charge in [-0.2, -0.15) is 0 Å². The summed E-state index contributed by atoms with van der Waals surface area (Å²) in [7, 11) is 1.63. The Labute approximate surface area is 147 Å². The fourth-order valence-corrected chi connectivity index (χ4v) is 3.83. The Bertz CT molecular complexity index is 835. The molecule has 25 heavy (non-hydrogen) atoms. The van der Waals surface area contributed by atoms with Crippen LogP contribution in [0, 0.1) is 0 Å². The molecule has 0 spiro atoms. The van der Waals surface area contributed by atoms with Gasteiger partial charge < -0.3 is 14.8 Å². The van der Waals surface area contributed by atoms with Crippen LogP contribution in [0.1, 0.15) is 37.4 Å². The van der Waals surface area contributed by atoms with Gasteiger partial charge in [0.25, 0.3) is 0 Å². The van der Waals surface area contributed by atoms with E-state index in [1.807, 2.05) is 43.3 Å². The number of methoxy groups -OCH3 is 1. The number of hydrogen-bond donors (Lipinski definition) is 1. The van der Waals surface area contributed by atoms with E-state index >= 15 is 0 Å². The molecule has 1 N–H and O–H groups in total. The first-order valence-corrected chi connectivity index (χ1v) is 8.61. The van der Waals surface area contributed by atoms with Crippen LogP contribution in [0.25, 0.3) is 0 Å². The maximum Gasteiger partial charge on any atom is 0.325 e. The van der Waals surface area contributed by atoms with Crippen LogP contribution < -0.4 is 19.7 Å². The summed E-state index contributed by atoms with van der Waals surface area (Å²) in [5.74, 6) is 1.40. The Morgan fingerprint density at radius 2 is 2.12 bits per heavy atom. The van der Waals surface area contributed by atoms with E-state index in [1.54, 1.807) is 12.0 Å². The molecule has 2 aromatic carbocycles. The van der Waals surface area contributed by atoms with Crippen molar-refractivity contribution in [1.29, 1.82) is 0 Å². The van der Waals surface area contributed by atoms with Crippen LogP contribution in [-0.2, 0) is 6.42 Å². The molecule has 0 saturated carbocycles. The van der Waals surface area contributed by atoms with Crippen LogP contribution in [0.5, 0.6) is 11.5 Å². The molecule has 5 heteroatoms. The van der Waals surface area contributed by atoms with Crippen LogP contribution in [0.2, 0.25) is 0 Å². The molecule has 0 aliphatic carbocycles. The van der Waals surface area contributed by atoms with Crippen LogP contribution >= 0.6 is 0 Å². The summed E-state index contributed by atoms with van der Waals surface area (Å²) in [6, 6.07) is 13.6. The van der Waals surface area contributed by atoms with Crippen molar-refractivity contribution in [1.82, 2.24) is 5.32 Å². The first kappa shape index (κ1) is 15.8. The number of benzene rings is 2. The number of para-hydroxylation sites is 1. The normalized spacial score (nSPS) is 24.2. The van der Waals surface area contributed by atoms with Crippen molar-refractivity contribution in [2.24, 2.45) is 0 Å². The van der Waals surface area contributed by atoms with Gasteiger partial charge in [0.05, 0.1) is 13.2 Å². The number of ether oxygens (including phenoxy) is 2. The molecule has 1 fully saturated rings. The van der Waals surface area contributed by atoms with Crippen molar-refractivity contribution in [3.8, 4) is 11.5 Å². The third-order valence-electron chi connectivity index (χ3n) is 5.06. The minimum absolute atomic E-state index is 0.0815. The van der Waals surface area contributed by atoms with E-state index in [0.717, 1.165) is 17.7 Å². The number of carbonyl (C=O) groups excluding carboxylic acids is 1. The number of amides is 2. The van der Waals surface area contributed by atoms with Gasteiger partial charge in [0.1, 0.15) is 0 Å². The monoisotopic (exact) mass is 338 g/mol. The number of aryl methyl sites for hydroxylation is 1. The summed E-state index contributed by atoms with van der Waals surface area (Å²) in [5, 5.41) is 3.12. The van der Waals surface area contributed by atoms with Crippen molar-refractivity contribution in [2.75, 3.05) is 12.0 Å². The molecule has 5 nitrogen and oxygen atoms in total. The number of fused-ring (bicyclic) bond motifs is 4. The highest BCUT2D eigenvalue weighted by molar-refractivity contribution is 5.95. The van der Waals surface area contributed by atoms with Gasteiger partial charge in [0.2, 0.25) is 0 Å². The second-order valence-electron chi connectivity index (χ2n) is 6.72. The maximum absolute atomic E-state index is 12.9. The Morgan fingerprint density at radius 1 is 1.32 bits per heavy atom. The molecule has 2 aromatic rings. The van der Waals surface area contributed by atoms with Crippen LogP contribution in [0.15, 0.2) is 42.5 Å². The van der Waals surface area contributed by atoms with Crippen molar-refractivity contribution < 1.29 is 14.3 Å². The highest BCUT2D eigenvalue weighted by atomic mass is 16.5. The third-order valence-corrected chi connectivity index (χ3v) is 5.06. The maximum atomic E-state index is 12.9. The molecular formula is C20H22N2O3. The van der Waals surface area contributed by atoms with Gasteiger partial charge in [0.15, 0.2) is 17.2 Å². The summed E-state index contributed by atoms with van der Waals surface area (Å²) < 4.78 is 11.8. The van der Waals surface area contributed by atoms with Gasteiger partial charge in [-0.15, -0.1) is 0 Å². The fraction of sp³-hybridized carbons (Fsp3) is 0.350. The summed E-state index contributed by atoms with van der Waals surface area (Å²) in [4.78, 5) is 14.6. The minimum Gasteiger partial charge on any atom is -0.493 e. The molecule has 0 aromatic heterocycles. The molecule has 130 valence electrons. The summed E-state index contributed by atoms with van der Waals surface area (Å²) in [6.45, 7) is 4.07. The average Bonchev–Trinajstić information content (AvgIpc) is 2.60. The van der Waals surface area contributed by atoms with Crippen LogP contribution in [-0.4, -0.2) is 18.9 Å². The number of nitrogens with one attached hydrogen (secondary N) is 1. The van der Waals surface area contributed by atoms with Gasteiger partial charge in [-0.05, 0) is 37.1 Å². The van der Waals surface area contributed by atoms with E-state index in [0.29, 0.717) is 17.9 Å². The largest absolute Gasteiger partial charge is 0.493 e. The zero-order valence-corrected chi connectivity index (χ0v) is 14.7. The fourth-order valence-electron chi connectivity index (χ4n) is 3.83. The lowest BCUT2D eigenvalue weighted by molar-refractivity contribution is 0.0349. The Morgan fingerprint density at radius 3 is 2.88 bits per heavy atom. The van der Waals surface area contributed by atoms with Crippen LogP contribution in [0.3, 0.4) is 0 Å². The molecule has 4 rings (SSSR count). The minimum atomic E-state index is -0.763. The standard InChI is InChI=1S/C20H22N2O3/c1-4-13-7-5-8-14(11-13)22-19(23)21-16-12-20(22,2)25-18-15(16)9-6-10-17(18)24-3/h5-11,16H,4,12H2,1-3H3,(H,21,23)/t16-,20+/m1/s1. The lowest BCUT2D eigenvalue weighted by Crippen LogP contribution is -2.65. The quantitative estimate of drug-likeness (QED) is 0.919. The van der Waals surface area contributed by atoms with Crippen molar-refractivity contribution >= 4 is 11.7 Å². The highest BCUT2D eigenvalue weighted by Gasteiger charge is 2.50. The predicted molar refractivity (Wildman–Crippen MR) is 96.2 cm³/mol. The second-order valence-corrected chi connectivity index (χ2v) is 6.72. The third kappa shape index (κ3) is 2.42. The predicted octanol–water partition coefficient (Wildman–Crippen LogP) is 4.03. The first-order chi connectivity index (χ1) is 12.1. The lowest BCUT2D eigenvalue weighted by Gasteiger charge is -2.50. The first-order valence-electron chi connectivity index (χ1n) is 8.61. The number of carbonyl (C=O) groups is 1. The molecule has 2 atom stereocenters. The Hall–Kier alpha value is -2.69. The zero-order valence-electron chi connectivity index (χ0n) is 14.7. The van der Waals surface area contributed by atoms with Gasteiger partial charge in [-0.3, -0.25) is 4.90 Å². The van der Waals surface area contributed by atoms with Gasteiger partial charge in [-0.1, -0.05) is 31.2 Å². The summed E-state index contributed by atoms with van der Waals surface area (Å²) >= 11 is 0. The van der Waals surface area contributed by atoms with Crippen molar-refractivity contribution in [3.05, 3.63) is 53.6 Å². The smallest absolute Gasteiger partial charge is 0.325 e. The topological polar surface area (TPSA) is 50.8 Å². The highest BCUT2D eigenvalue weighted by Crippen LogP contribution is 2.48. The van der Waals surface area contributed by atoms with E-state index in [1.165, 1.54) is 5.56 Å². The average molecular weight is 338 g/mol. The number of urea groups is 1. The molecule has 2 aliphatic rings. The van der Waals surface area contributed by atoms with Gasteiger partial charge in [-0.25, -0.2) is 4.79 Å². The van der Waals surface area contributed by atoms with E-state index in [9.17, 15) is 4.79 Å². The zero-order chi connectivity index (χ0) is 17.6. The number of anilines is 1. The van der Waals surface area contributed by atoms with E-state index in [-0.39, 0.29) is 12.1 Å². The molecule has 2 amide bonds. The molecule has 1 saturated heterocycles. The van der Waals surface area contributed by atoms with Crippen LogP contribution in [0.4, 0.5) is 10.5 Å². The van der Waals surface area contributed by atoms with E-state index in [2.05, 4.69) is 18.3 Å². The molecule has 2 aliphatic heterocycles. The van der Waals surface area contributed by atoms with Gasteiger partial charge >= 0.3 is 6.03 Å². The van der Waals surface area contributed by atoms with E-state index in [4.69, 9.17) is 9.47 Å². The molecule has 2 bridgehead atoms. The molecular weight excluding hydrogens is 316 g/mol. The van der Waals surface area contributed by atoms with Crippen molar-refractivity contribution in [3.63, 3.8) is 0 Å². The van der Waals surface area contributed by atoms with Gasteiger partial charge in [0, 0.05) is 17.7 Å².